The molecule has 0 aliphatic carbocycles. The number of amides is 2. The van der Waals surface area contributed by atoms with Gasteiger partial charge in [-0.25, -0.2) is 0 Å². The Bertz CT molecular complexity index is 886. The number of fused-ring (bicyclic) bond motifs is 1. The summed E-state index contributed by atoms with van der Waals surface area (Å²) in [7, 11) is 1.90. The molecule has 0 aliphatic heterocycles. The van der Waals surface area contributed by atoms with E-state index in [1.54, 1.807) is 0 Å². The lowest BCUT2D eigenvalue weighted by molar-refractivity contribution is -0.139. The monoisotopic (exact) mass is 357 g/mol. The molecule has 2 aromatic heterocycles. The molecular weight excluding hydrogens is 338 g/mol. The van der Waals surface area contributed by atoms with E-state index in [0.717, 1.165) is 21.3 Å². The number of aryl methyl sites for hydroxylation is 1. The van der Waals surface area contributed by atoms with Crippen LogP contribution in [0.1, 0.15) is 16.5 Å². The van der Waals surface area contributed by atoms with Crippen molar-refractivity contribution in [3.63, 3.8) is 0 Å². The van der Waals surface area contributed by atoms with Crippen molar-refractivity contribution in [1.29, 1.82) is 0 Å². The van der Waals surface area contributed by atoms with E-state index in [4.69, 9.17) is 0 Å². The van der Waals surface area contributed by atoms with Crippen LogP contribution in [0.15, 0.2) is 48.0 Å². The van der Waals surface area contributed by atoms with Crippen LogP contribution in [0.5, 0.6) is 0 Å². The molecule has 0 radical (unpaired) electrons. The number of hydrogen-bond acceptors (Lipinski definition) is 4. The fourth-order valence-corrected chi connectivity index (χ4v) is 3.32. The van der Waals surface area contributed by atoms with Gasteiger partial charge in [-0.3, -0.25) is 9.59 Å². The summed E-state index contributed by atoms with van der Waals surface area (Å²) in [5.74, 6) is -1.46. The van der Waals surface area contributed by atoms with Crippen molar-refractivity contribution in [2.24, 2.45) is 7.05 Å². The second-order valence-electron chi connectivity index (χ2n) is 5.70. The van der Waals surface area contributed by atoms with Gasteiger partial charge in [-0.2, -0.15) is 0 Å². The molecule has 3 aromatic rings. The Kier molecular flexibility index (Phi) is 5.16. The standard InChI is InChI=1S/C18H19N3O3S/c1-21-11-14(13-6-2-3-7-15(13)21)16(22)10-20-18(24)17(23)19-9-12-5-4-8-25-12/h2-8,11,16,22H,9-10H2,1H3,(H,19,23)(H,20,24)/t16-/m1/s1. The second-order valence-corrected chi connectivity index (χ2v) is 6.73. The zero-order valence-electron chi connectivity index (χ0n) is 13.7. The molecule has 7 heteroatoms. The van der Waals surface area contributed by atoms with Crippen LogP contribution in [0.2, 0.25) is 0 Å². The van der Waals surface area contributed by atoms with E-state index in [1.165, 1.54) is 11.3 Å². The summed E-state index contributed by atoms with van der Waals surface area (Å²) in [4.78, 5) is 24.6. The SMILES string of the molecule is Cn1cc([C@H](O)CNC(=O)C(=O)NCc2cccs2)c2ccccc21. The highest BCUT2D eigenvalue weighted by Crippen LogP contribution is 2.25. The van der Waals surface area contributed by atoms with Gasteiger partial charge in [-0.1, -0.05) is 24.3 Å². The summed E-state index contributed by atoms with van der Waals surface area (Å²) in [5.41, 5.74) is 1.72. The quantitative estimate of drug-likeness (QED) is 0.608. The first kappa shape index (κ1) is 17.2. The lowest BCUT2D eigenvalue weighted by atomic mass is 10.1. The molecule has 2 heterocycles. The van der Waals surface area contributed by atoms with Gasteiger partial charge in [-0.15, -0.1) is 11.3 Å². The topological polar surface area (TPSA) is 83.4 Å². The number of nitrogens with one attached hydrogen (secondary N) is 2. The third kappa shape index (κ3) is 3.89. The Balaban J connectivity index is 1.56. The number of carbonyl (C=O) groups excluding carboxylic acids is 2. The minimum atomic E-state index is -0.889. The first-order valence-corrected chi connectivity index (χ1v) is 8.74. The Morgan fingerprint density at radius 2 is 1.92 bits per heavy atom. The fourth-order valence-electron chi connectivity index (χ4n) is 2.68. The summed E-state index contributed by atoms with van der Waals surface area (Å²) in [5, 5.41) is 18.2. The van der Waals surface area contributed by atoms with E-state index in [1.807, 2.05) is 59.6 Å². The maximum atomic E-state index is 11.9. The largest absolute Gasteiger partial charge is 0.386 e. The number of benzene rings is 1. The van der Waals surface area contributed by atoms with Crippen LogP contribution in [-0.2, 0) is 23.2 Å². The smallest absolute Gasteiger partial charge is 0.309 e. The molecule has 2 amide bonds. The molecule has 0 aliphatic rings. The molecule has 130 valence electrons. The predicted molar refractivity (Wildman–Crippen MR) is 97.1 cm³/mol. The van der Waals surface area contributed by atoms with Gasteiger partial charge in [0, 0.05) is 41.1 Å². The predicted octanol–water partition coefficient (Wildman–Crippen LogP) is 1.71. The Morgan fingerprint density at radius 3 is 2.68 bits per heavy atom. The van der Waals surface area contributed by atoms with Gasteiger partial charge >= 0.3 is 11.8 Å². The minimum absolute atomic E-state index is 0.0285. The van der Waals surface area contributed by atoms with Crippen molar-refractivity contribution >= 4 is 34.1 Å². The number of carbonyl (C=O) groups is 2. The number of aromatic nitrogens is 1. The molecule has 0 saturated heterocycles. The molecule has 0 spiro atoms. The van der Waals surface area contributed by atoms with E-state index < -0.39 is 17.9 Å². The average Bonchev–Trinajstić information content (AvgIpc) is 3.26. The van der Waals surface area contributed by atoms with Gasteiger partial charge in [0.25, 0.3) is 0 Å². The van der Waals surface area contributed by atoms with Gasteiger partial charge in [0.15, 0.2) is 0 Å². The highest BCUT2D eigenvalue weighted by molar-refractivity contribution is 7.09. The maximum absolute atomic E-state index is 11.9. The van der Waals surface area contributed by atoms with Crippen LogP contribution in [0.25, 0.3) is 10.9 Å². The third-order valence-corrected chi connectivity index (χ3v) is 4.83. The van der Waals surface area contributed by atoms with Gasteiger partial charge in [0.2, 0.25) is 0 Å². The zero-order valence-corrected chi connectivity index (χ0v) is 14.5. The first-order chi connectivity index (χ1) is 12.1. The summed E-state index contributed by atoms with van der Waals surface area (Å²) < 4.78 is 1.92. The van der Waals surface area contributed by atoms with Crippen molar-refractivity contribution in [3.05, 3.63) is 58.4 Å². The molecule has 25 heavy (non-hydrogen) atoms. The number of aliphatic hydroxyl groups excluding tert-OH is 1. The minimum Gasteiger partial charge on any atom is -0.386 e. The number of nitrogens with zero attached hydrogens (tertiary/aromatic N) is 1. The molecule has 1 atom stereocenters. The van der Waals surface area contributed by atoms with Crippen LogP contribution < -0.4 is 10.6 Å². The van der Waals surface area contributed by atoms with Crippen LogP contribution in [-0.4, -0.2) is 28.0 Å². The van der Waals surface area contributed by atoms with Crippen molar-refractivity contribution in [3.8, 4) is 0 Å². The van der Waals surface area contributed by atoms with Gasteiger partial charge in [0.05, 0.1) is 12.6 Å². The highest BCUT2D eigenvalue weighted by Gasteiger charge is 2.18. The Morgan fingerprint density at radius 1 is 1.16 bits per heavy atom. The number of para-hydroxylation sites is 1. The summed E-state index contributed by atoms with van der Waals surface area (Å²) in [6, 6.07) is 11.5. The van der Waals surface area contributed by atoms with E-state index in [2.05, 4.69) is 10.6 Å². The maximum Gasteiger partial charge on any atom is 0.309 e. The third-order valence-electron chi connectivity index (χ3n) is 3.95. The first-order valence-electron chi connectivity index (χ1n) is 7.86. The molecule has 0 saturated carbocycles. The molecule has 0 unspecified atom stereocenters. The fraction of sp³-hybridized carbons (Fsp3) is 0.222. The lowest BCUT2D eigenvalue weighted by Crippen LogP contribution is -2.41. The molecule has 3 rings (SSSR count). The number of aliphatic hydroxyl groups is 1. The van der Waals surface area contributed by atoms with Gasteiger partial charge in [-0.05, 0) is 17.5 Å². The molecule has 0 bridgehead atoms. The lowest BCUT2D eigenvalue weighted by Gasteiger charge is -2.11. The summed E-state index contributed by atoms with van der Waals surface area (Å²) in [6.45, 7) is 0.287. The number of rotatable bonds is 5. The molecule has 0 fully saturated rings. The summed E-state index contributed by atoms with van der Waals surface area (Å²) in [6.07, 6.45) is 0.943. The van der Waals surface area contributed by atoms with Gasteiger partial charge < -0.3 is 20.3 Å². The normalized spacial score (nSPS) is 12.1. The molecule has 6 nitrogen and oxygen atoms in total. The average molecular weight is 357 g/mol. The van der Waals surface area contributed by atoms with Crippen LogP contribution >= 0.6 is 11.3 Å². The van der Waals surface area contributed by atoms with Crippen LogP contribution in [0, 0.1) is 0 Å². The van der Waals surface area contributed by atoms with Crippen LogP contribution in [0.3, 0.4) is 0 Å². The zero-order chi connectivity index (χ0) is 17.8. The Labute approximate surface area is 149 Å². The van der Waals surface area contributed by atoms with E-state index in [-0.39, 0.29) is 6.54 Å². The van der Waals surface area contributed by atoms with E-state index in [0.29, 0.717) is 6.54 Å². The Hall–Kier alpha value is -2.64. The van der Waals surface area contributed by atoms with Gasteiger partial charge in [0.1, 0.15) is 0 Å². The molecule has 1 aromatic carbocycles. The van der Waals surface area contributed by atoms with Crippen molar-refractivity contribution in [1.82, 2.24) is 15.2 Å². The van der Waals surface area contributed by atoms with E-state index in [9.17, 15) is 14.7 Å². The van der Waals surface area contributed by atoms with Crippen LogP contribution in [0.4, 0.5) is 0 Å². The number of thiophene rings is 1. The van der Waals surface area contributed by atoms with E-state index >= 15 is 0 Å². The van der Waals surface area contributed by atoms with Crippen molar-refractivity contribution < 1.29 is 14.7 Å². The second kappa shape index (κ2) is 7.50. The molecule has 3 N–H and O–H groups in total. The van der Waals surface area contributed by atoms with Crippen molar-refractivity contribution in [2.45, 2.75) is 12.6 Å². The van der Waals surface area contributed by atoms with Crippen molar-refractivity contribution in [2.75, 3.05) is 6.54 Å². The number of hydrogen-bond donors (Lipinski definition) is 3. The molecular formula is C18H19N3O3S. The summed E-state index contributed by atoms with van der Waals surface area (Å²) >= 11 is 1.51. The highest BCUT2D eigenvalue weighted by atomic mass is 32.1.